The second-order valence-electron chi connectivity index (χ2n) is 6.01. The number of benzene rings is 2. The maximum Gasteiger partial charge on any atom is 0.268 e. The largest absolute Gasteiger partial charge is 0.313 e. The smallest absolute Gasteiger partial charge is 0.268 e. The van der Waals surface area contributed by atoms with Gasteiger partial charge in [-0.3, -0.25) is 0 Å². The van der Waals surface area contributed by atoms with Crippen molar-refractivity contribution in [3.05, 3.63) is 77.7 Å². The van der Waals surface area contributed by atoms with Crippen molar-refractivity contribution in [2.45, 2.75) is 25.3 Å². The van der Waals surface area contributed by atoms with Crippen molar-refractivity contribution < 1.29 is 12.8 Å². The zero-order valence-corrected chi connectivity index (χ0v) is 15.6. The molecule has 0 saturated heterocycles. The van der Waals surface area contributed by atoms with Crippen LogP contribution in [0.2, 0.25) is 0 Å². The van der Waals surface area contributed by atoms with Gasteiger partial charge in [0.25, 0.3) is 10.0 Å². The maximum absolute atomic E-state index is 13.3. The van der Waals surface area contributed by atoms with Crippen LogP contribution in [0.3, 0.4) is 0 Å². The van der Waals surface area contributed by atoms with Gasteiger partial charge in [-0.1, -0.05) is 25.1 Å². The van der Waals surface area contributed by atoms with Gasteiger partial charge in [0.15, 0.2) is 0 Å². The lowest BCUT2D eigenvalue weighted by molar-refractivity contribution is 0.586. The first-order valence-electron chi connectivity index (χ1n) is 8.43. The molecule has 1 heterocycles. The molecule has 0 aliphatic carbocycles. The van der Waals surface area contributed by atoms with Crippen LogP contribution in [-0.2, 0) is 16.6 Å². The maximum atomic E-state index is 13.3. The second-order valence-corrected chi connectivity index (χ2v) is 7.80. The van der Waals surface area contributed by atoms with Gasteiger partial charge in [-0.15, -0.1) is 0 Å². The van der Waals surface area contributed by atoms with E-state index < -0.39 is 10.0 Å². The SMILES string of the molecule is CCNCc1cc(-c2ccc(F)cc2)n(S(=O)(=O)c2ccccc2)c1C. The first-order valence-corrected chi connectivity index (χ1v) is 9.87. The third kappa shape index (κ3) is 3.43. The average Bonchev–Trinajstić information content (AvgIpc) is 2.98. The monoisotopic (exact) mass is 372 g/mol. The number of nitrogens with zero attached hydrogens (tertiary/aromatic N) is 1. The predicted octanol–water partition coefficient (Wildman–Crippen LogP) is 3.95. The minimum Gasteiger partial charge on any atom is -0.313 e. The normalized spacial score (nSPS) is 11.7. The zero-order chi connectivity index (χ0) is 18.7. The van der Waals surface area contributed by atoms with Gasteiger partial charge < -0.3 is 5.32 Å². The van der Waals surface area contributed by atoms with Gasteiger partial charge in [-0.25, -0.2) is 16.8 Å². The molecule has 0 bridgehead atoms. The summed E-state index contributed by atoms with van der Waals surface area (Å²) in [7, 11) is -3.77. The predicted molar refractivity (Wildman–Crippen MR) is 101 cm³/mol. The summed E-state index contributed by atoms with van der Waals surface area (Å²) < 4.78 is 41.2. The van der Waals surface area contributed by atoms with Gasteiger partial charge in [0.1, 0.15) is 5.82 Å². The van der Waals surface area contributed by atoms with E-state index in [9.17, 15) is 12.8 Å². The summed E-state index contributed by atoms with van der Waals surface area (Å²) in [5.41, 5.74) is 2.72. The van der Waals surface area contributed by atoms with E-state index in [0.29, 0.717) is 23.5 Å². The average molecular weight is 372 g/mol. The molecule has 0 unspecified atom stereocenters. The van der Waals surface area contributed by atoms with Crippen LogP contribution in [-0.4, -0.2) is 18.9 Å². The van der Waals surface area contributed by atoms with E-state index in [2.05, 4.69) is 5.32 Å². The van der Waals surface area contributed by atoms with Gasteiger partial charge in [-0.2, -0.15) is 0 Å². The fourth-order valence-corrected chi connectivity index (χ4v) is 4.51. The van der Waals surface area contributed by atoms with E-state index in [1.165, 1.54) is 16.1 Å². The molecule has 2 aromatic carbocycles. The van der Waals surface area contributed by atoms with Crippen molar-refractivity contribution in [1.82, 2.24) is 9.29 Å². The van der Waals surface area contributed by atoms with Crippen LogP contribution in [0.15, 0.2) is 65.6 Å². The lowest BCUT2D eigenvalue weighted by Crippen LogP contribution is -2.17. The first-order chi connectivity index (χ1) is 12.4. The molecule has 4 nitrogen and oxygen atoms in total. The molecule has 0 fully saturated rings. The summed E-state index contributed by atoms with van der Waals surface area (Å²) in [6, 6.07) is 16.0. The summed E-state index contributed by atoms with van der Waals surface area (Å²) in [5, 5.41) is 3.23. The summed E-state index contributed by atoms with van der Waals surface area (Å²) in [5.74, 6) is -0.359. The van der Waals surface area contributed by atoms with E-state index in [-0.39, 0.29) is 10.7 Å². The van der Waals surface area contributed by atoms with Gasteiger partial charge >= 0.3 is 0 Å². The van der Waals surface area contributed by atoms with E-state index in [1.807, 2.05) is 13.0 Å². The van der Waals surface area contributed by atoms with Crippen LogP contribution < -0.4 is 5.32 Å². The van der Waals surface area contributed by atoms with Crippen molar-refractivity contribution in [3.8, 4) is 11.3 Å². The fraction of sp³-hybridized carbons (Fsp3) is 0.200. The van der Waals surface area contributed by atoms with Gasteiger partial charge in [0.05, 0.1) is 10.6 Å². The number of rotatable bonds is 6. The van der Waals surface area contributed by atoms with E-state index in [1.54, 1.807) is 49.4 Å². The molecule has 26 heavy (non-hydrogen) atoms. The van der Waals surface area contributed by atoms with Gasteiger partial charge in [-0.05, 0) is 67.1 Å². The van der Waals surface area contributed by atoms with Crippen LogP contribution >= 0.6 is 0 Å². The van der Waals surface area contributed by atoms with Crippen LogP contribution in [0, 0.1) is 12.7 Å². The van der Waals surface area contributed by atoms with Crippen molar-refractivity contribution in [2.75, 3.05) is 6.54 Å². The van der Waals surface area contributed by atoms with Crippen molar-refractivity contribution >= 4 is 10.0 Å². The minimum absolute atomic E-state index is 0.220. The lowest BCUT2D eigenvalue weighted by atomic mass is 10.1. The Balaban J connectivity index is 2.22. The topological polar surface area (TPSA) is 51.1 Å². The number of hydrogen-bond acceptors (Lipinski definition) is 3. The summed E-state index contributed by atoms with van der Waals surface area (Å²) in [4.78, 5) is 0.220. The highest BCUT2D eigenvalue weighted by Crippen LogP contribution is 2.30. The molecule has 0 amide bonds. The summed E-state index contributed by atoms with van der Waals surface area (Å²) in [6.07, 6.45) is 0. The Kier molecular flexibility index (Phi) is 5.25. The Morgan fingerprint density at radius 2 is 1.69 bits per heavy atom. The Morgan fingerprint density at radius 3 is 2.31 bits per heavy atom. The van der Waals surface area contributed by atoms with Gasteiger partial charge in [0, 0.05) is 12.2 Å². The first kappa shape index (κ1) is 18.4. The van der Waals surface area contributed by atoms with Crippen molar-refractivity contribution in [3.63, 3.8) is 0 Å². The molecule has 3 rings (SSSR count). The molecular weight excluding hydrogens is 351 g/mol. The highest BCUT2D eigenvalue weighted by molar-refractivity contribution is 7.90. The molecule has 0 saturated carbocycles. The Hall–Kier alpha value is -2.44. The number of hydrogen-bond donors (Lipinski definition) is 1. The highest BCUT2D eigenvalue weighted by atomic mass is 32.2. The standard InChI is InChI=1S/C20H21FN2O2S/c1-3-22-14-17-13-20(16-9-11-18(21)12-10-16)23(15(17)2)26(24,25)19-7-5-4-6-8-19/h4-13,22H,3,14H2,1-2H3. The molecule has 0 atom stereocenters. The second kappa shape index (κ2) is 7.43. The minimum atomic E-state index is -3.77. The molecular formula is C20H21FN2O2S. The number of halogens is 1. The molecule has 136 valence electrons. The van der Waals surface area contributed by atoms with Crippen LogP contribution in [0.4, 0.5) is 4.39 Å². The third-order valence-corrected chi connectivity index (χ3v) is 6.11. The van der Waals surface area contributed by atoms with Crippen molar-refractivity contribution in [1.29, 1.82) is 0 Å². The molecule has 0 radical (unpaired) electrons. The quantitative estimate of drug-likeness (QED) is 0.713. The van der Waals surface area contributed by atoms with E-state index in [0.717, 1.165) is 12.1 Å². The molecule has 1 aromatic heterocycles. The van der Waals surface area contributed by atoms with E-state index >= 15 is 0 Å². The van der Waals surface area contributed by atoms with Crippen LogP contribution in [0.1, 0.15) is 18.2 Å². The molecule has 3 aromatic rings. The number of nitrogens with one attached hydrogen (secondary N) is 1. The Bertz CT molecular complexity index is 994. The van der Waals surface area contributed by atoms with Crippen LogP contribution in [0.25, 0.3) is 11.3 Å². The summed E-state index contributed by atoms with van der Waals surface area (Å²) in [6.45, 7) is 5.13. The fourth-order valence-electron chi connectivity index (χ4n) is 2.91. The number of aromatic nitrogens is 1. The molecule has 1 N–H and O–H groups in total. The van der Waals surface area contributed by atoms with Crippen LogP contribution in [0.5, 0.6) is 0 Å². The Labute approximate surface area is 153 Å². The zero-order valence-electron chi connectivity index (χ0n) is 14.7. The Morgan fingerprint density at radius 1 is 1.04 bits per heavy atom. The molecule has 0 aliphatic heterocycles. The highest BCUT2D eigenvalue weighted by Gasteiger charge is 2.24. The van der Waals surface area contributed by atoms with Crippen molar-refractivity contribution in [2.24, 2.45) is 0 Å². The molecule has 0 spiro atoms. The molecule has 0 aliphatic rings. The molecule has 6 heteroatoms. The summed E-state index contributed by atoms with van der Waals surface area (Å²) >= 11 is 0. The van der Waals surface area contributed by atoms with Gasteiger partial charge in [0.2, 0.25) is 0 Å². The lowest BCUT2D eigenvalue weighted by Gasteiger charge is -2.13. The van der Waals surface area contributed by atoms with E-state index in [4.69, 9.17) is 0 Å². The third-order valence-electron chi connectivity index (χ3n) is 4.29.